The van der Waals surface area contributed by atoms with Crippen LogP contribution in [0.25, 0.3) is 0 Å². The van der Waals surface area contributed by atoms with Crippen molar-refractivity contribution < 1.29 is 13.2 Å². The molecule has 0 amide bonds. The number of aryl methyl sites for hydroxylation is 2. The summed E-state index contributed by atoms with van der Waals surface area (Å²) in [6.07, 6.45) is 0. The highest BCUT2D eigenvalue weighted by Gasteiger charge is 2.26. The molecule has 0 saturated carbocycles. The Labute approximate surface area is 102 Å². The summed E-state index contributed by atoms with van der Waals surface area (Å²) in [5.74, 6) is 0. The second kappa shape index (κ2) is 4.76. The Bertz CT molecular complexity index is 484. The second-order valence-corrected chi connectivity index (χ2v) is 6.28. The molecule has 0 aliphatic carbocycles. The Kier molecular flexibility index (Phi) is 3.51. The van der Waals surface area contributed by atoms with Gasteiger partial charge in [-0.25, -0.2) is 8.42 Å². The van der Waals surface area contributed by atoms with Crippen LogP contribution in [0.5, 0.6) is 0 Å². The second-order valence-electron chi connectivity index (χ2n) is 4.34. The first-order valence-electron chi connectivity index (χ1n) is 5.66. The first-order chi connectivity index (χ1) is 8.00. The van der Waals surface area contributed by atoms with E-state index in [2.05, 4.69) is 0 Å². The number of sulfonamides is 1. The molecule has 0 spiro atoms. The van der Waals surface area contributed by atoms with Crippen LogP contribution in [-0.4, -0.2) is 39.0 Å². The fourth-order valence-corrected chi connectivity index (χ4v) is 3.62. The molecule has 17 heavy (non-hydrogen) atoms. The van der Waals surface area contributed by atoms with Crippen molar-refractivity contribution in [3.05, 3.63) is 29.3 Å². The van der Waals surface area contributed by atoms with Gasteiger partial charge in [0.25, 0.3) is 0 Å². The van der Waals surface area contributed by atoms with Gasteiger partial charge in [-0.05, 0) is 37.1 Å². The maximum atomic E-state index is 12.4. The fourth-order valence-electron chi connectivity index (χ4n) is 2.02. The van der Waals surface area contributed by atoms with Crippen LogP contribution in [0.2, 0.25) is 0 Å². The zero-order valence-corrected chi connectivity index (χ0v) is 11.0. The number of rotatable bonds is 2. The van der Waals surface area contributed by atoms with Crippen LogP contribution in [0.3, 0.4) is 0 Å². The highest BCUT2D eigenvalue weighted by Crippen LogP contribution is 2.19. The van der Waals surface area contributed by atoms with E-state index in [9.17, 15) is 8.42 Å². The van der Waals surface area contributed by atoms with Crippen LogP contribution in [-0.2, 0) is 14.8 Å². The minimum atomic E-state index is -3.35. The van der Waals surface area contributed by atoms with E-state index in [0.717, 1.165) is 11.1 Å². The van der Waals surface area contributed by atoms with Crippen LogP contribution in [0.15, 0.2) is 23.1 Å². The molecule has 1 aliphatic rings. The summed E-state index contributed by atoms with van der Waals surface area (Å²) < 4.78 is 31.4. The summed E-state index contributed by atoms with van der Waals surface area (Å²) in [4.78, 5) is 0.386. The van der Waals surface area contributed by atoms with E-state index >= 15 is 0 Å². The number of hydrogen-bond donors (Lipinski definition) is 0. The molecule has 0 bridgehead atoms. The summed E-state index contributed by atoms with van der Waals surface area (Å²) in [7, 11) is -3.35. The summed E-state index contributed by atoms with van der Waals surface area (Å²) >= 11 is 0. The SMILES string of the molecule is Cc1cc(C)cc(S(=O)(=O)N2CCOCC2)c1. The van der Waals surface area contributed by atoms with E-state index in [-0.39, 0.29) is 0 Å². The monoisotopic (exact) mass is 255 g/mol. The number of hydrogen-bond acceptors (Lipinski definition) is 3. The first kappa shape index (κ1) is 12.5. The largest absolute Gasteiger partial charge is 0.379 e. The summed E-state index contributed by atoms with van der Waals surface area (Å²) in [5, 5.41) is 0. The predicted octanol–water partition coefficient (Wildman–Crippen LogP) is 1.32. The Morgan fingerprint density at radius 3 is 2.12 bits per heavy atom. The van der Waals surface area contributed by atoms with Crippen LogP contribution in [0.1, 0.15) is 11.1 Å². The lowest BCUT2D eigenvalue weighted by Crippen LogP contribution is -2.40. The molecule has 1 aromatic rings. The minimum Gasteiger partial charge on any atom is -0.379 e. The van der Waals surface area contributed by atoms with Gasteiger partial charge in [-0.3, -0.25) is 0 Å². The van der Waals surface area contributed by atoms with Crippen LogP contribution < -0.4 is 0 Å². The molecule has 0 unspecified atom stereocenters. The maximum Gasteiger partial charge on any atom is 0.243 e. The van der Waals surface area contributed by atoms with Gasteiger partial charge in [0.1, 0.15) is 0 Å². The molecule has 1 aromatic carbocycles. The summed E-state index contributed by atoms with van der Waals surface area (Å²) in [6.45, 7) is 5.65. The lowest BCUT2D eigenvalue weighted by molar-refractivity contribution is 0.0730. The van der Waals surface area contributed by atoms with Crippen molar-refractivity contribution in [1.82, 2.24) is 4.31 Å². The van der Waals surface area contributed by atoms with Gasteiger partial charge in [0.05, 0.1) is 18.1 Å². The van der Waals surface area contributed by atoms with Crippen molar-refractivity contribution in [1.29, 1.82) is 0 Å². The number of benzene rings is 1. The molecule has 0 aromatic heterocycles. The van der Waals surface area contributed by atoms with Gasteiger partial charge in [0.2, 0.25) is 10.0 Å². The molecular formula is C12H17NO3S. The number of ether oxygens (including phenoxy) is 1. The Balaban J connectivity index is 2.36. The molecular weight excluding hydrogens is 238 g/mol. The van der Waals surface area contributed by atoms with Crippen molar-refractivity contribution in [2.75, 3.05) is 26.3 Å². The van der Waals surface area contributed by atoms with Crippen LogP contribution in [0, 0.1) is 13.8 Å². The van der Waals surface area contributed by atoms with Gasteiger partial charge >= 0.3 is 0 Å². The third-order valence-electron chi connectivity index (χ3n) is 2.80. The van der Waals surface area contributed by atoms with Gasteiger partial charge < -0.3 is 4.74 Å². The molecule has 1 fully saturated rings. The van der Waals surface area contributed by atoms with Crippen LogP contribution >= 0.6 is 0 Å². The van der Waals surface area contributed by atoms with Crippen molar-refractivity contribution >= 4 is 10.0 Å². The van der Waals surface area contributed by atoms with E-state index in [4.69, 9.17) is 4.74 Å². The van der Waals surface area contributed by atoms with Crippen molar-refractivity contribution in [2.45, 2.75) is 18.7 Å². The normalized spacial score (nSPS) is 18.2. The van der Waals surface area contributed by atoms with Crippen LogP contribution in [0.4, 0.5) is 0 Å². The third kappa shape index (κ3) is 2.68. The maximum absolute atomic E-state index is 12.4. The van der Waals surface area contributed by atoms with Gasteiger partial charge in [-0.2, -0.15) is 4.31 Å². The Morgan fingerprint density at radius 2 is 1.59 bits per heavy atom. The number of morpholine rings is 1. The predicted molar refractivity (Wildman–Crippen MR) is 65.5 cm³/mol. The summed E-state index contributed by atoms with van der Waals surface area (Å²) in [6, 6.07) is 5.41. The van der Waals surface area contributed by atoms with Gasteiger partial charge in [-0.15, -0.1) is 0 Å². The smallest absolute Gasteiger partial charge is 0.243 e. The average molecular weight is 255 g/mol. The van der Waals surface area contributed by atoms with E-state index < -0.39 is 10.0 Å². The van der Waals surface area contributed by atoms with Crippen molar-refractivity contribution in [2.24, 2.45) is 0 Å². The zero-order valence-electron chi connectivity index (χ0n) is 10.1. The quantitative estimate of drug-likeness (QED) is 0.801. The highest BCUT2D eigenvalue weighted by molar-refractivity contribution is 7.89. The van der Waals surface area contributed by atoms with Gasteiger partial charge in [-0.1, -0.05) is 6.07 Å². The lowest BCUT2D eigenvalue weighted by Gasteiger charge is -2.26. The van der Waals surface area contributed by atoms with Crippen molar-refractivity contribution in [3.8, 4) is 0 Å². The van der Waals surface area contributed by atoms with E-state index in [1.165, 1.54) is 4.31 Å². The molecule has 94 valence electrons. The lowest BCUT2D eigenvalue weighted by atomic mass is 10.2. The molecule has 1 aliphatic heterocycles. The van der Waals surface area contributed by atoms with E-state index in [1.807, 2.05) is 19.9 Å². The van der Waals surface area contributed by atoms with Gasteiger partial charge in [0.15, 0.2) is 0 Å². The molecule has 4 nitrogen and oxygen atoms in total. The Morgan fingerprint density at radius 1 is 1.06 bits per heavy atom. The molecule has 2 rings (SSSR count). The third-order valence-corrected chi connectivity index (χ3v) is 4.68. The molecule has 1 saturated heterocycles. The van der Waals surface area contributed by atoms with Gasteiger partial charge in [0, 0.05) is 13.1 Å². The Hall–Kier alpha value is -0.910. The van der Waals surface area contributed by atoms with E-state index in [0.29, 0.717) is 31.2 Å². The topological polar surface area (TPSA) is 46.6 Å². The molecule has 0 N–H and O–H groups in total. The molecule has 1 heterocycles. The average Bonchev–Trinajstić information content (AvgIpc) is 2.29. The molecule has 0 radical (unpaired) electrons. The standard InChI is InChI=1S/C12H17NO3S/c1-10-7-11(2)9-12(8-10)17(14,15)13-3-5-16-6-4-13/h7-9H,3-6H2,1-2H3. The zero-order chi connectivity index (χ0) is 12.5. The number of nitrogens with zero attached hydrogens (tertiary/aromatic N) is 1. The summed E-state index contributed by atoms with van der Waals surface area (Å²) in [5.41, 5.74) is 1.94. The van der Waals surface area contributed by atoms with E-state index in [1.54, 1.807) is 12.1 Å². The van der Waals surface area contributed by atoms with Crippen molar-refractivity contribution in [3.63, 3.8) is 0 Å². The molecule has 0 atom stereocenters. The minimum absolute atomic E-state index is 0.386. The fraction of sp³-hybridized carbons (Fsp3) is 0.500. The highest BCUT2D eigenvalue weighted by atomic mass is 32.2. The molecule has 5 heteroatoms. The first-order valence-corrected chi connectivity index (χ1v) is 7.10.